The lowest BCUT2D eigenvalue weighted by Gasteiger charge is -2.27. The first-order chi connectivity index (χ1) is 18.9. The number of allylic oxidation sites excluding steroid dienone is 1. The molecule has 0 radical (unpaired) electrons. The minimum absolute atomic E-state index is 0.184. The Labute approximate surface area is 229 Å². The number of rotatable bonds is 7. The maximum Gasteiger partial charge on any atom is 0.338 e. The van der Waals surface area contributed by atoms with Crippen molar-refractivity contribution in [3.05, 3.63) is 96.7 Å². The summed E-state index contributed by atoms with van der Waals surface area (Å²) < 4.78 is 24.2. The number of hydrogen-bond donors (Lipinski definition) is 0. The number of hydrogen-bond acceptors (Lipinski definition) is 8. The Bertz CT molecular complexity index is 1800. The van der Waals surface area contributed by atoms with Crippen LogP contribution in [-0.4, -0.2) is 38.5 Å². The minimum Gasteiger partial charge on any atom is -0.497 e. The monoisotopic (exact) mass is 544 g/mol. The van der Waals surface area contributed by atoms with Gasteiger partial charge in [-0.3, -0.25) is 9.36 Å². The lowest BCUT2D eigenvalue weighted by molar-refractivity contribution is -0.139. The van der Waals surface area contributed by atoms with Crippen LogP contribution >= 0.6 is 11.3 Å². The third-order valence-electron chi connectivity index (χ3n) is 6.63. The van der Waals surface area contributed by atoms with Crippen LogP contribution in [0.15, 0.2) is 75.7 Å². The van der Waals surface area contributed by atoms with Gasteiger partial charge in [0.1, 0.15) is 23.3 Å². The quantitative estimate of drug-likeness (QED) is 0.327. The van der Waals surface area contributed by atoms with Crippen LogP contribution in [0.4, 0.5) is 0 Å². The smallest absolute Gasteiger partial charge is 0.338 e. The molecule has 0 bridgehead atoms. The molecule has 1 aromatic heterocycles. The number of fused-ring (bicyclic) bond motifs is 2. The number of aromatic nitrogens is 1. The molecule has 8 nitrogen and oxygen atoms in total. The average molecular weight is 545 g/mol. The van der Waals surface area contributed by atoms with Gasteiger partial charge in [0, 0.05) is 5.56 Å². The van der Waals surface area contributed by atoms with Crippen LogP contribution in [0.25, 0.3) is 16.8 Å². The van der Waals surface area contributed by atoms with Gasteiger partial charge in [0.25, 0.3) is 5.56 Å². The highest BCUT2D eigenvalue weighted by Gasteiger charge is 2.36. The van der Waals surface area contributed by atoms with Gasteiger partial charge in [-0.25, -0.2) is 9.79 Å². The van der Waals surface area contributed by atoms with Gasteiger partial charge in [0.15, 0.2) is 4.80 Å². The predicted octanol–water partition coefficient (Wildman–Crippen LogP) is 3.98. The summed E-state index contributed by atoms with van der Waals surface area (Å²) in [6.07, 6.45) is 1.80. The van der Waals surface area contributed by atoms with E-state index in [9.17, 15) is 9.59 Å². The summed E-state index contributed by atoms with van der Waals surface area (Å²) >= 11 is 1.26. The number of ether oxygens (including phenoxy) is 4. The molecule has 200 valence electrons. The summed E-state index contributed by atoms with van der Waals surface area (Å²) in [5.74, 6) is 1.32. The van der Waals surface area contributed by atoms with E-state index < -0.39 is 12.0 Å². The molecule has 2 heterocycles. The van der Waals surface area contributed by atoms with Crippen molar-refractivity contribution in [2.45, 2.75) is 19.9 Å². The molecule has 39 heavy (non-hydrogen) atoms. The molecule has 0 aliphatic carbocycles. The molecular formula is C30H28N2O6S. The molecule has 4 aromatic rings. The van der Waals surface area contributed by atoms with Crippen molar-refractivity contribution in [1.29, 1.82) is 0 Å². The molecule has 1 aliphatic rings. The molecule has 0 N–H and O–H groups in total. The number of methoxy groups -OCH3 is 3. The molecular weight excluding hydrogens is 516 g/mol. The first-order valence-electron chi connectivity index (χ1n) is 12.4. The molecule has 3 aromatic carbocycles. The molecule has 5 rings (SSSR count). The fourth-order valence-electron chi connectivity index (χ4n) is 4.84. The zero-order chi connectivity index (χ0) is 27.7. The Morgan fingerprint density at radius 3 is 2.49 bits per heavy atom. The summed E-state index contributed by atoms with van der Waals surface area (Å²) in [7, 11) is 4.76. The van der Waals surface area contributed by atoms with Crippen LogP contribution in [0.2, 0.25) is 0 Å². The maximum atomic E-state index is 14.1. The highest BCUT2D eigenvalue weighted by molar-refractivity contribution is 7.07. The van der Waals surface area contributed by atoms with Crippen molar-refractivity contribution < 1.29 is 23.7 Å². The van der Waals surface area contributed by atoms with Gasteiger partial charge in [-0.1, -0.05) is 35.6 Å². The standard InChI is InChI=1S/C30H28N2O6S/c1-6-38-29(34)25-17(2)31-30-32(28(33)24(39-30)15-18-8-7-9-20(14-18)35-3)27(25)26-22-16-21(36-4)12-10-19(22)11-13-23(26)37-5/h7-16,27H,6H2,1-5H3. The summed E-state index contributed by atoms with van der Waals surface area (Å²) in [6, 6.07) is 16.1. The van der Waals surface area contributed by atoms with Crippen molar-refractivity contribution in [3.63, 3.8) is 0 Å². The number of thiazole rings is 1. The second-order valence-corrected chi connectivity index (χ2v) is 9.86. The molecule has 1 aliphatic heterocycles. The highest BCUT2D eigenvalue weighted by Crippen LogP contribution is 2.41. The number of carbonyl (C=O) groups is 1. The van der Waals surface area contributed by atoms with E-state index in [1.165, 1.54) is 11.3 Å². The number of benzene rings is 3. The van der Waals surface area contributed by atoms with Crippen LogP contribution in [0.3, 0.4) is 0 Å². The van der Waals surface area contributed by atoms with Gasteiger partial charge in [0.05, 0.1) is 43.7 Å². The Kier molecular flexibility index (Phi) is 7.26. The van der Waals surface area contributed by atoms with Gasteiger partial charge in [-0.05, 0) is 66.6 Å². The molecule has 0 saturated carbocycles. The molecule has 1 atom stereocenters. The van der Waals surface area contributed by atoms with Gasteiger partial charge in [-0.15, -0.1) is 0 Å². The molecule has 9 heteroatoms. The zero-order valence-corrected chi connectivity index (χ0v) is 23.1. The third kappa shape index (κ3) is 4.70. The number of carbonyl (C=O) groups excluding carboxylic acids is 1. The van der Waals surface area contributed by atoms with Crippen molar-refractivity contribution in [3.8, 4) is 17.2 Å². The zero-order valence-electron chi connectivity index (χ0n) is 22.3. The number of nitrogens with zero attached hydrogens (tertiary/aromatic N) is 2. The fraction of sp³-hybridized carbons (Fsp3) is 0.233. The van der Waals surface area contributed by atoms with Crippen LogP contribution in [0, 0.1) is 0 Å². The largest absolute Gasteiger partial charge is 0.497 e. The van der Waals surface area contributed by atoms with Crippen LogP contribution < -0.4 is 29.1 Å². The third-order valence-corrected chi connectivity index (χ3v) is 7.62. The topological polar surface area (TPSA) is 88.4 Å². The highest BCUT2D eigenvalue weighted by atomic mass is 32.1. The summed E-state index contributed by atoms with van der Waals surface area (Å²) in [5.41, 5.74) is 1.95. The molecule has 0 spiro atoms. The van der Waals surface area contributed by atoms with E-state index in [-0.39, 0.29) is 17.7 Å². The number of esters is 1. The second-order valence-electron chi connectivity index (χ2n) is 8.85. The van der Waals surface area contributed by atoms with Gasteiger partial charge in [0.2, 0.25) is 0 Å². The Morgan fingerprint density at radius 2 is 1.77 bits per heavy atom. The fourth-order valence-corrected chi connectivity index (χ4v) is 5.88. The normalized spacial score (nSPS) is 15.1. The van der Waals surface area contributed by atoms with Gasteiger partial charge >= 0.3 is 5.97 Å². The van der Waals surface area contributed by atoms with E-state index in [0.29, 0.717) is 37.8 Å². The maximum absolute atomic E-state index is 14.1. The Balaban J connectivity index is 1.85. The molecule has 1 unspecified atom stereocenters. The van der Waals surface area contributed by atoms with E-state index in [1.54, 1.807) is 45.8 Å². The SMILES string of the molecule is CCOC(=O)C1=C(C)N=c2sc(=Cc3cccc(OC)c3)c(=O)n2C1c1c(OC)ccc2ccc(OC)cc12. The first kappa shape index (κ1) is 26.2. The van der Waals surface area contributed by atoms with Gasteiger partial charge < -0.3 is 18.9 Å². The molecule has 0 fully saturated rings. The summed E-state index contributed by atoms with van der Waals surface area (Å²) in [6.45, 7) is 3.69. The molecule has 0 saturated heterocycles. The van der Waals surface area contributed by atoms with Crippen LogP contribution in [0.1, 0.15) is 31.0 Å². The van der Waals surface area contributed by atoms with Crippen LogP contribution in [-0.2, 0) is 9.53 Å². The van der Waals surface area contributed by atoms with Crippen molar-refractivity contribution >= 4 is 34.2 Å². The summed E-state index contributed by atoms with van der Waals surface area (Å²) in [5, 5.41) is 1.69. The van der Waals surface area contributed by atoms with E-state index >= 15 is 0 Å². The second kappa shape index (κ2) is 10.8. The Morgan fingerprint density at radius 1 is 1.03 bits per heavy atom. The van der Waals surface area contributed by atoms with E-state index in [1.807, 2.05) is 54.6 Å². The predicted molar refractivity (Wildman–Crippen MR) is 150 cm³/mol. The van der Waals surface area contributed by atoms with E-state index in [2.05, 4.69) is 4.99 Å². The van der Waals surface area contributed by atoms with Crippen molar-refractivity contribution in [2.75, 3.05) is 27.9 Å². The van der Waals surface area contributed by atoms with Gasteiger partial charge in [-0.2, -0.15) is 0 Å². The molecule has 0 amide bonds. The van der Waals surface area contributed by atoms with Crippen molar-refractivity contribution in [1.82, 2.24) is 4.57 Å². The van der Waals surface area contributed by atoms with Crippen LogP contribution in [0.5, 0.6) is 17.2 Å². The minimum atomic E-state index is -0.835. The lowest BCUT2D eigenvalue weighted by atomic mass is 9.90. The summed E-state index contributed by atoms with van der Waals surface area (Å²) in [4.78, 5) is 32.6. The van der Waals surface area contributed by atoms with E-state index in [4.69, 9.17) is 18.9 Å². The average Bonchev–Trinajstić information content (AvgIpc) is 3.25. The first-order valence-corrected chi connectivity index (χ1v) is 13.2. The lowest BCUT2D eigenvalue weighted by Crippen LogP contribution is -2.40. The van der Waals surface area contributed by atoms with Crippen molar-refractivity contribution in [2.24, 2.45) is 4.99 Å². The Hall–Kier alpha value is -4.37. The van der Waals surface area contributed by atoms with E-state index in [0.717, 1.165) is 16.3 Å².